The summed E-state index contributed by atoms with van der Waals surface area (Å²) in [6, 6.07) is 0. The highest BCUT2D eigenvalue weighted by molar-refractivity contribution is 5.82. The Balaban J connectivity index is 2.01. The predicted octanol–water partition coefficient (Wildman–Crippen LogP) is -0.866. The van der Waals surface area contributed by atoms with E-state index in [-0.39, 0.29) is 13.6 Å². The van der Waals surface area contributed by atoms with Gasteiger partial charge in [0.05, 0.1) is 12.9 Å². The van der Waals surface area contributed by atoms with Crippen LogP contribution in [0.15, 0.2) is 12.7 Å². The van der Waals surface area contributed by atoms with Crippen LogP contribution in [0.4, 0.5) is 5.82 Å². The van der Waals surface area contributed by atoms with Gasteiger partial charge in [-0.15, -0.1) is 0 Å². The Labute approximate surface area is 122 Å². The molecule has 114 valence electrons. The van der Waals surface area contributed by atoms with Crippen LogP contribution in [-0.4, -0.2) is 68.8 Å². The summed E-state index contributed by atoms with van der Waals surface area (Å²) in [4.78, 5) is 12.5. The van der Waals surface area contributed by atoms with Gasteiger partial charge in [0, 0.05) is 15.5 Å². The number of rotatable bonds is 4. The molecule has 0 aromatic carbocycles. The quantitative estimate of drug-likeness (QED) is 0.667. The Morgan fingerprint density at radius 1 is 1.52 bits per heavy atom. The number of aromatic nitrogens is 4. The number of aliphatic hydroxyl groups is 2. The van der Waals surface area contributed by atoms with Gasteiger partial charge >= 0.3 is 0 Å². The molecule has 0 bridgehead atoms. The maximum absolute atomic E-state index is 10.1. The van der Waals surface area contributed by atoms with Crippen molar-refractivity contribution in [2.45, 2.75) is 24.5 Å². The average molecular weight is 296 g/mol. The largest absolute Gasteiger partial charge is 0.394 e. The van der Waals surface area contributed by atoms with Gasteiger partial charge < -0.3 is 25.0 Å². The van der Waals surface area contributed by atoms with Gasteiger partial charge in [0.1, 0.15) is 30.2 Å². The van der Waals surface area contributed by atoms with E-state index in [1.807, 2.05) is 0 Å². The van der Waals surface area contributed by atoms with Gasteiger partial charge in [-0.1, -0.05) is 0 Å². The Hall–Kier alpha value is -1.81. The lowest BCUT2D eigenvalue weighted by atomic mass is 10.1. The van der Waals surface area contributed by atoms with Crippen molar-refractivity contribution < 1.29 is 21.1 Å². The number of imidazole rings is 1. The molecule has 3 N–H and O–H groups in total. The molecule has 0 radical (unpaired) electrons. The molecule has 0 amide bonds. The third-order valence-corrected chi connectivity index (χ3v) is 3.57. The van der Waals surface area contributed by atoms with Crippen molar-refractivity contribution in [1.29, 1.82) is 0 Å². The first-order chi connectivity index (χ1) is 10.7. The minimum atomic E-state index is -0.954. The molecule has 9 heteroatoms. The number of anilines is 1. The van der Waals surface area contributed by atoms with E-state index in [1.165, 1.54) is 19.8 Å². The molecular formula is C12H17N5O4. The van der Waals surface area contributed by atoms with Gasteiger partial charge in [-0.2, -0.15) is 0 Å². The summed E-state index contributed by atoms with van der Waals surface area (Å²) in [7, 11) is 1.43. The van der Waals surface area contributed by atoms with E-state index in [0.717, 1.165) is 0 Å². The first kappa shape index (κ1) is 12.9. The molecule has 9 nitrogen and oxygen atoms in total. The first-order valence-corrected chi connectivity index (χ1v) is 6.39. The van der Waals surface area contributed by atoms with E-state index in [1.54, 1.807) is 4.57 Å². The summed E-state index contributed by atoms with van der Waals surface area (Å²) in [6.45, 7) is -0.315. The smallest absolute Gasteiger partial charge is 0.167 e. The Morgan fingerprint density at radius 3 is 3.10 bits per heavy atom. The van der Waals surface area contributed by atoms with E-state index in [4.69, 9.17) is 10.8 Å². The van der Waals surface area contributed by atoms with Crippen LogP contribution >= 0.6 is 0 Å². The zero-order valence-corrected chi connectivity index (χ0v) is 11.4. The molecule has 2 aromatic heterocycles. The fourth-order valence-electron chi connectivity index (χ4n) is 2.52. The summed E-state index contributed by atoms with van der Waals surface area (Å²) >= 11 is 0. The standard InChI is InChI=1S/C12H17N5O4/c1-13-10-7-11(15-4-14-10)17(5-16-7)12-9(20-2)8(19)6(3-18)21-12/h4-6,8-9,12,18-19H,3H2,1-2H3,(H,13,14,15)/t6-,8-,9-,12-/m1/s1/i1D. The maximum Gasteiger partial charge on any atom is 0.167 e. The topological polar surface area (TPSA) is 115 Å². The summed E-state index contributed by atoms with van der Waals surface area (Å²) in [6.07, 6.45) is -0.143. The fraction of sp³-hybridized carbons (Fsp3) is 0.583. The van der Waals surface area contributed by atoms with E-state index in [2.05, 4.69) is 20.3 Å². The molecule has 3 rings (SSSR count). The predicted molar refractivity (Wildman–Crippen MR) is 72.7 cm³/mol. The zero-order chi connectivity index (χ0) is 15.7. The van der Waals surface area contributed by atoms with Crippen molar-refractivity contribution in [2.24, 2.45) is 0 Å². The van der Waals surface area contributed by atoms with Crippen molar-refractivity contribution in [3.8, 4) is 0 Å². The normalized spacial score (nSPS) is 29.8. The van der Waals surface area contributed by atoms with Gasteiger partial charge in [0.15, 0.2) is 17.7 Å². The van der Waals surface area contributed by atoms with Crippen LogP contribution in [-0.2, 0) is 9.47 Å². The van der Waals surface area contributed by atoms with Crippen LogP contribution in [0.5, 0.6) is 0 Å². The van der Waals surface area contributed by atoms with Gasteiger partial charge in [-0.3, -0.25) is 4.57 Å². The van der Waals surface area contributed by atoms with E-state index in [0.29, 0.717) is 17.0 Å². The van der Waals surface area contributed by atoms with E-state index < -0.39 is 24.5 Å². The molecule has 0 unspecified atom stereocenters. The SMILES string of the molecule is [2H]CNc1ncnc2c1ncn2[C@@H]1O[C@H](CO)[C@@H](O)[C@H]1OC. The number of ether oxygens (including phenoxy) is 2. The van der Waals surface area contributed by atoms with Crippen LogP contribution in [0.1, 0.15) is 7.60 Å². The summed E-state index contributed by atoms with van der Waals surface area (Å²) < 4.78 is 19.8. The van der Waals surface area contributed by atoms with Crippen LogP contribution in [0, 0.1) is 0 Å². The number of hydrogen-bond acceptors (Lipinski definition) is 8. The van der Waals surface area contributed by atoms with Crippen molar-refractivity contribution >= 4 is 17.0 Å². The summed E-state index contributed by atoms with van der Waals surface area (Å²) in [5.41, 5.74) is 0.985. The highest BCUT2D eigenvalue weighted by atomic mass is 16.6. The molecule has 2 aromatic rings. The second-order valence-electron chi connectivity index (χ2n) is 4.66. The first-order valence-electron chi connectivity index (χ1n) is 7.09. The van der Waals surface area contributed by atoms with Gasteiger partial charge in [-0.25, -0.2) is 15.0 Å². The van der Waals surface area contributed by atoms with Gasteiger partial charge in [0.25, 0.3) is 0 Å². The van der Waals surface area contributed by atoms with Gasteiger partial charge in [0.2, 0.25) is 0 Å². The molecule has 1 saturated heterocycles. The molecular weight excluding hydrogens is 278 g/mol. The zero-order valence-electron chi connectivity index (χ0n) is 12.4. The number of nitrogens with zero attached hydrogens (tertiary/aromatic N) is 4. The Kier molecular flexibility index (Phi) is 3.39. The fourth-order valence-corrected chi connectivity index (χ4v) is 2.52. The van der Waals surface area contributed by atoms with Crippen LogP contribution < -0.4 is 5.32 Å². The second kappa shape index (κ2) is 5.53. The van der Waals surface area contributed by atoms with Crippen LogP contribution in [0.3, 0.4) is 0 Å². The lowest BCUT2D eigenvalue weighted by Crippen LogP contribution is -2.34. The Bertz CT molecular complexity index is 653. The lowest BCUT2D eigenvalue weighted by Gasteiger charge is -2.19. The van der Waals surface area contributed by atoms with Crippen molar-refractivity contribution in [2.75, 3.05) is 26.1 Å². The minimum absolute atomic E-state index is 0.0368. The summed E-state index contributed by atoms with van der Waals surface area (Å²) in [5.74, 6) is 0.449. The molecule has 1 aliphatic heterocycles. The molecule has 21 heavy (non-hydrogen) atoms. The monoisotopic (exact) mass is 296 g/mol. The van der Waals surface area contributed by atoms with E-state index >= 15 is 0 Å². The molecule has 0 spiro atoms. The van der Waals surface area contributed by atoms with Crippen molar-refractivity contribution in [3.63, 3.8) is 0 Å². The van der Waals surface area contributed by atoms with Crippen molar-refractivity contribution in [3.05, 3.63) is 12.7 Å². The van der Waals surface area contributed by atoms with Crippen molar-refractivity contribution in [1.82, 2.24) is 19.5 Å². The molecule has 0 aliphatic carbocycles. The highest BCUT2D eigenvalue weighted by Crippen LogP contribution is 2.33. The number of fused-ring (bicyclic) bond motifs is 1. The lowest BCUT2D eigenvalue weighted by molar-refractivity contribution is -0.0583. The van der Waals surface area contributed by atoms with E-state index in [9.17, 15) is 10.2 Å². The average Bonchev–Trinajstić information content (AvgIpc) is 3.08. The highest BCUT2D eigenvalue weighted by Gasteiger charge is 2.45. The molecule has 3 heterocycles. The molecule has 1 fully saturated rings. The van der Waals surface area contributed by atoms with Crippen LogP contribution in [0.2, 0.25) is 0 Å². The Morgan fingerprint density at radius 2 is 2.38 bits per heavy atom. The van der Waals surface area contributed by atoms with Crippen LogP contribution in [0.25, 0.3) is 11.2 Å². The number of hydrogen-bond donors (Lipinski definition) is 3. The third-order valence-electron chi connectivity index (χ3n) is 3.57. The third kappa shape index (κ3) is 2.14. The molecule has 4 atom stereocenters. The number of nitrogens with one attached hydrogen (secondary N) is 1. The summed E-state index contributed by atoms with van der Waals surface area (Å²) in [5, 5.41) is 22.2. The minimum Gasteiger partial charge on any atom is -0.394 e. The number of methoxy groups -OCH3 is 1. The maximum atomic E-state index is 10.1. The second-order valence-corrected chi connectivity index (χ2v) is 4.66. The molecule has 0 saturated carbocycles. The number of aliphatic hydroxyl groups excluding tert-OH is 2. The molecule has 1 aliphatic rings. The van der Waals surface area contributed by atoms with Gasteiger partial charge in [-0.05, 0) is 0 Å².